The molecule has 4 nitrogen and oxygen atoms in total. The third-order valence-corrected chi connectivity index (χ3v) is 5.70. The Balaban J connectivity index is 0.00000156. The molecule has 0 radical (unpaired) electrons. The van der Waals surface area contributed by atoms with E-state index in [0.717, 1.165) is 13.0 Å². The average Bonchev–Trinajstić information content (AvgIpc) is 2.99. The summed E-state index contributed by atoms with van der Waals surface area (Å²) < 4.78 is 0. The highest BCUT2D eigenvalue weighted by molar-refractivity contribution is 7.10. The summed E-state index contributed by atoms with van der Waals surface area (Å²) in [7, 11) is 0. The monoisotopic (exact) mass is 401 g/mol. The third-order valence-electron chi connectivity index (χ3n) is 4.57. The molecule has 0 unspecified atom stereocenters. The molecule has 25 heavy (non-hydrogen) atoms. The molecule has 0 aliphatic carbocycles. The molecule has 1 aromatic heterocycles. The Bertz CT molecular complexity index is 690. The molecule has 1 aliphatic heterocycles. The van der Waals surface area contributed by atoms with Crippen molar-refractivity contribution in [1.29, 1.82) is 0 Å². The lowest BCUT2D eigenvalue weighted by Crippen LogP contribution is -2.44. The summed E-state index contributed by atoms with van der Waals surface area (Å²) in [6, 6.07) is 10.2. The van der Waals surface area contributed by atoms with Crippen LogP contribution in [-0.4, -0.2) is 29.9 Å². The van der Waals surface area contributed by atoms with Gasteiger partial charge in [-0.05, 0) is 61.5 Å². The van der Waals surface area contributed by atoms with Gasteiger partial charge in [0.05, 0.1) is 0 Å². The van der Waals surface area contributed by atoms with Gasteiger partial charge in [-0.15, -0.1) is 36.2 Å². The Morgan fingerprint density at radius 1 is 1.24 bits per heavy atom. The van der Waals surface area contributed by atoms with Crippen molar-refractivity contribution in [2.45, 2.75) is 32.4 Å². The van der Waals surface area contributed by atoms with Crippen molar-refractivity contribution in [1.82, 2.24) is 10.2 Å². The number of anilines is 1. The number of hydrogen-bond acceptors (Lipinski definition) is 4. The standard InChI is InChI=1S/C18H23N3OS.2ClH/c1-12-11-15-7-10-23-17(15)13(2)21(12)9-8-20-18(22)14-3-5-16(19)6-4-14;;/h3-7,10,12-13H,8-9,11,19H2,1-2H3,(H,20,22);2*1H/t12-,13+;;/m1../s1. The zero-order chi connectivity index (χ0) is 16.4. The Labute approximate surface area is 165 Å². The van der Waals surface area contributed by atoms with Crippen LogP contribution in [-0.2, 0) is 6.42 Å². The van der Waals surface area contributed by atoms with Gasteiger partial charge in [-0.25, -0.2) is 0 Å². The molecule has 3 N–H and O–H groups in total. The van der Waals surface area contributed by atoms with Crippen LogP contribution in [0.2, 0.25) is 0 Å². The lowest BCUT2D eigenvalue weighted by Gasteiger charge is -2.38. The van der Waals surface area contributed by atoms with E-state index in [9.17, 15) is 4.79 Å². The smallest absolute Gasteiger partial charge is 0.251 e. The number of carbonyl (C=O) groups is 1. The Morgan fingerprint density at radius 3 is 2.60 bits per heavy atom. The summed E-state index contributed by atoms with van der Waals surface area (Å²) in [5, 5.41) is 5.19. The van der Waals surface area contributed by atoms with Gasteiger partial charge in [-0.2, -0.15) is 0 Å². The van der Waals surface area contributed by atoms with Crippen molar-refractivity contribution >= 4 is 47.7 Å². The van der Waals surface area contributed by atoms with Gasteiger partial charge in [0.2, 0.25) is 0 Å². The number of nitrogens with zero attached hydrogens (tertiary/aromatic N) is 1. The number of amides is 1. The first kappa shape index (κ1) is 21.8. The fourth-order valence-electron chi connectivity index (χ4n) is 3.30. The van der Waals surface area contributed by atoms with E-state index < -0.39 is 0 Å². The first-order valence-corrected chi connectivity index (χ1v) is 8.90. The summed E-state index contributed by atoms with van der Waals surface area (Å²) in [5.74, 6) is -0.0425. The fourth-order valence-corrected chi connectivity index (χ4v) is 4.31. The summed E-state index contributed by atoms with van der Waals surface area (Å²) in [6.45, 7) is 6.03. The Morgan fingerprint density at radius 2 is 1.92 bits per heavy atom. The molecule has 0 saturated heterocycles. The van der Waals surface area contributed by atoms with E-state index in [2.05, 4.69) is 35.5 Å². The van der Waals surface area contributed by atoms with E-state index in [0.29, 0.717) is 29.9 Å². The quantitative estimate of drug-likeness (QED) is 0.763. The fraction of sp³-hybridized carbons (Fsp3) is 0.389. The van der Waals surface area contributed by atoms with E-state index in [1.54, 1.807) is 24.3 Å². The number of halogens is 2. The number of thiophene rings is 1. The highest BCUT2D eigenvalue weighted by Gasteiger charge is 2.29. The number of nitrogen functional groups attached to an aromatic ring is 1. The van der Waals surface area contributed by atoms with Gasteiger partial charge in [0, 0.05) is 41.3 Å². The molecule has 1 aromatic carbocycles. The lowest BCUT2D eigenvalue weighted by atomic mass is 9.97. The predicted molar refractivity (Wildman–Crippen MR) is 110 cm³/mol. The molecule has 0 fully saturated rings. The first-order valence-electron chi connectivity index (χ1n) is 8.02. The maximum absolute atomic E-state index is 12.1. The summed E-state index contributed by atoms with van der Waals surface area (Å²) in [6.07, 6.45) is 1.09. The van der Waals surface area contributed by atoms with Gasteiger partial charge in [-0.3, -0.25) is 9.69 Å². The minimum atomic E-state index is -0.0425. The molecule has 2 heterocycles. The molecule has 0 bridgehead atoms. The number of hydrogen-bond donors (Lipinski definition) is 2. The van der Waals surface area contributed by atoms with Crippen LogP contribution in [0.5, 0.6) is 0 Å². The largest absolute Gasteiger partial charge is 0.399 e. The minimum absolute atomic E-state index is 0. The molecule has 0 spiro atoms. The number of carbonyl (C=O) groups excluding carboxylic acids is 1. The summed E-state index contributed by atoms with van der Waals surface area (Å²) in [4.78, 5) is 16.1. The number of fused-ring (bicyclic) bond motifs is 1. The van der Waals surface area contributed by atoms with Gasteiger partial charge in [0.15, 0.2) is 0 Å². The average molecular weight is 402 g/mol. The Kier molecular flexibility index (Phi) is 8.22. The number of rotatable bonds is 4. The number of benzene rings is 1. The molecule has 1 amide bonds. The second kappa shape index (κ2) is 9.43. The molecule has 3 rings (SSSR count). The molecular formula is C18H25Cl2N3OS. The van der Waals surface area contributed by atoms with E-state index in [-0.39, 0.29) is 30.7 Å². The van der Waals surface area contributed by atoms with Crippen LogP contribution in [0.3, 0.4) is 0 Å². The highest BCUT2D eigenvalue weighted by atomic mass is 35.5. The van der Waals surface area contributed by atoms with E-state index >= 15 is 0 Å². The first-order chi connectivity index (χ1) is 11.1. The maximum Gasteiger partial charge on any atom is 0.251 e. The normalized spacial score (nSPS) is 19.3. The molecular weight excluding hydrogens is 377 g/mol. The molecule has 1 aliphatic rings. The van der Waals surface area contributed by atoms with Crippen LogP contribution in [0.25, 0.3) is 0 Å². The van der Waals surface area contributed by atoms with Crippen LogP contribution >= 0.6 is 36.2 Å². The van der Waals surface area contributed by atoms with Crippen molar-refractivity contribution in [3.8, 4) is 0 Å². The predicted octanol–water partition coefficient (Wildman–Crippen LogP) is 3.91. The van der Waals surface area contributed by atoms with Gasteiger partial charge in [0.25, 0.3) is 5.91 Å². The highest BCUT2D eigenvalue weighted by Crippen LogP contribution is 2.35. The van der Waals surface area contributed by atoms with E-state index in [4.69, 9.17) is 5.73 Å². The molecule has 138 valence electrons. The van der Waals surface area contributed by atoms with Crippen molar-refractivity contribution in [2.24, 2.45) is 0 Å². The summed E-state index contributed by atoms with van der Waals surface area (Å²) in [5.41, 5.74) is 8.45. The van der Waals surface area contributed by atoms with Crippen molar-refractivity contribution in [3.05, 3.63) is 51.7 Å². The zero-order valence-corrected chi connectivity index (χ0v) is 16.8. The molecule has 0 saturated carbocycles. The van der Waals surface area contributed by atoms with Crippen molar-refractivity contribution < 1.29 is 4.79 Å². The van der Waals surface area contributed by atoms with Crippen LogP contribution in [0, 0.1) is 0 Å². The lowest BCUT2D eigenvalue weighted by molar-refractivity contribution is 0.0930. The Hall–Kier alpha value is -1.27. The second-order valence-corrected chi connectivity index (χ2v) is 7.10. The van der Waals surface area contributed by atoms with Crippen LogP contribution in [0.1, 0.15) is 40.7 Å². The molecule has 2 atom stereocenters. The van der Waals surface area contributed by atoms with Gasteiger partial charge in [-0.1, -0.05) is 0 Å². The molecule has 7 heteroatoms. The second-order valence-electron chi connectivity index (χ2n) is 6.15. The van der Waals surface area contributed by atoms with E-state index in [1.165, 1.54) is 10.4 Å². The zero-order valence-electron chi connectivity index (χ0n) is 14.4. The van der Waals surface area contributed by atoms with Gasteiger partial charge < -0.3 is 11.1 Å². The summed E-state index contributed by atoms with van der Waals surface area (Å²) >= 11 is 1.84. The third kappa shape index (κ3) is 4.88. The van der Waals surface area contributed by atoms with Gasteiger partial charge in [0.1, 0.15) is 0 Å². The SMILES string of the molecule is C[C@@H]1Cc2ccsc2[C@H](C)N1CCNC(=O)c1ccc(N)cc1.Cl.Cl. The number of nitrogens with two attached hydrogens (primary N) is 1. The topological polar surface area (TPSA) is 58.4 Å². The van der Waals surface area contributed by atoms with E-state index in [1.807, 2.05) is 11.3 Å². The van der Waals surface area contributed by atoms with Crippen LogP contribution < -0.4 is 11.1 Å². The van der Waals surface area contributed by atoms with Crippen molar-refractivity contribution in [3.63, 3.8) is 0 Å². The maximum atomic E-state index is 12.1. The van der Waals surface area contributed by atoms with Crippen molar-refractivity contribution in [2.75, 3.05) is 18.8 Å². The minimum Gasteiger partial charge on any atom is -0.399 e. The van der Waals surface area contributed by atoms with Crippen LogP contribution in [0.15, 0.2) is 35.7 Å². The van der Waals surface area contributed by atoms with Gasteiger partial charge >= 0.3 is 0 Å². The van der Waals surface area contributed by atoms with Crippen LogP contribution in [0.4, 0.5) is 5.69 Å². The molecule has 2 aromatic rings. The number of nitrogens with one attached hydrogen (secondary N) is 1.